The average Bonchev–Trinajstić information content (AvgIpc) is 1.85. The number of rotatable bonds is 1. The third-order valence-electron chi connectivity index (χ3n) is 1.39. The molecule has 3 heteroatoms. The van der Waals surface area contributed by atoms with E-state index >= 15 is 0 Å². The summed E-state index contributed by atoms with van der Waals surface area (Å²) in [6.45, 7) is 1.79. The van der Waals surface area contributed by atoms with E-state index in [1.54, 1.807) is 13.0 Å². The number of halogens is 3. The Morgan fingerprint density at radius 2 is 2.09 bits per heavy atom. The minimum atomic E-state index is -0.337. The van der Waals surface area contributed by atoms with Crippen LogP contribution in [0.15, 0.2) is 18.2 Å². The Bertz CT molecular complexity index is 258. The average molecular weight is 193 g/mol. The first-order valence-electron chi connectivity index (χ1n) is 3.20. The van der Waals surface area contributed by atoms with Crippen molar-refractivity contribution in [2.75, 3.05) is 0 Å². The zero-order valence-corrected chi connectivity index (χ0v) is 7.46. The van der Waals surface area contributed by atoms with Gasteiger partial charge < -0.3 is 0 Å². The van der Waals surface area contributed by atoms with Crippen LogP contribution >= 0.6 is 23.2 Å². The van der Waals surface area contributed by atoms with E-state index in [0.717, 1.165) is 5.56 Å². The molecule has 1 atom stereocenters. The van der Waals surface area contributed by atoms with Gasteiger partial charge in [0.15, 0.2) is 0 Å². The topological polar surface area (TPSA) is 0 Å². The van der Waals surface area contributed by atoms with Gasteiger partial charge in [0.05, 0.1) is 5.38 Å². The van der Waals surface area contributed by atoms with Crippen molar-refractivity contribution in [3.8, 4) is 0 Å². The highest BCUT2D eigenvalue weighted by atomic mass is 35.5. The number of alkyl halides is 1. The van der Waals surface area contributed by atoms with E-state index in [0.29, 0.717) is 5.02 Å². The summed E-state index contributed by atoms with van der Waals surface area (Å²) in [4.78, 5) is 0. The van der Waals surface area contributed by atoms with E-state index in [2.05, 4.69) is 0 Å². The van der Waals surface area contributed by atoms with Crippen molar-refractivity contribution in [1.82, 2.24) is 0 Å². The highest BCUT2D eigenvalue weighted by Gasteiger charge is 2.06. The molecule has 0 amide bonds. The molecule has 1 aromatic carbocycles. The molecule has 1 aromatic rings. The van der Waals surface area contributed by atoms with E-state index in [1.807, 2.05) is 0 Å². The van der Waals surface area contributed by atoms with Gasteiger partial charge >= 0.3 is 0 Å². The minimum Gasteiger partial charge on any atom is -0.207 e. The van der Waals surface area contributed by atoms with E-state index in [4.69, 9.17) is 23.2 Å². The van der Waals surface area contributed by atoms with Crippen molar-refractivity contribution in [3.05, 3.63) is 34.6 Å². The van der Waals surface area contributed by atoms with Gasteiger partial charge in [-0.2, -0.15) is 0 Å². The summed E-state index contributed by atoms with van der Waals surface area (Å²) >= 11 is 11.5. The fraction of sp³-hybridized carbons (Fsp3) is 0.250. The zero-order valence-electron chi connectivity index (χ0n) is 5.94. The van der Waals surface area contributed by atoms with Gasteiger partial charge in [-0.3, -0.25) is 0 Å². The van der Waals surface area contributed by atoms with Crippen LogP contribution in [0.3, 0.4) is 0 Å². The second-order valence-corrected chi connectivity index (χ2v) is 3.34. The van der Waals surface area contributed by atoms with Crippen LogP contribution in [0, 0.1) is 5.82 Å². The van der Waals surface area contributed by atoms with Crippen LogP contribution < -0.4 is 0 Å². The first kappa shape index (κ1) is 8.82. The summed E-state index contributed by atoms with van der Waals surface area (Å²) in [5.41, 5.74) is 0.759. The summed E-state index contributed by atoms with van der Waals surface area (Å²) in [5, 5.41) is 0.204. The Hall–Kier alpha value is -0.270. The molecule has 60 valence electrons. The lowest BCUT2D eigenvalue weighted by molar-refractivity contribution is 0.627. The second-order valence-electron chi connectivity index (χ2n) is 2.28. The molecule has 0 saturated heterocycles. The normalized spacial score (nSPS) is 13.1. The van der Waals surface area contributed by atoms with E-state index < -0.39 is 0 Å². The Balaban J connectivity index is 3.09. The van der Waals surface area contributed by atoms with E-state index in [9.17, 15) is 4.39 Å². The fourth-order valence-corrected chi connectivity index (χ4v) is 1.40. The van der Waals surface area contributed by atoms with Crippen molar-refractivity contribution >= 4 is 23.2 Å². The molecular weight excluding hydrogens is 186 g/mol. The quantitative estimate of drug-likeness (QED) is 0.595. The Kier molecular flexibility index (Phi) is 2.74. The molecule has 1 rings (SSSR count). The lowest BCUT2D eigenvalue weighted by atomic mass is 10.2. The van der Waals surface area contributed by atoms with Crippen LogP contribution in [0.5, 0.6) is 0 Å². The molecule has 0 fully saturated rings. The van der Waals surface area contributed by atoms with Gasteiger partial charge in [-0.15, -0.1) is 11.6 Å². The van der Waals surface area contributed by atoms with Crippen molar-refractivity contribution in [1.29, 1.82) is 0 Å². The summed E-state index contributed by atoms with van der Waals surface area (Å²) in [5.74, 6) is -0.337. The molecule has 0 saturated carbocycles. The summed E-state index contributed by atoms with van der Waals surface area (Å²) in [6.07, 6.45) is 0. The molecule has 0 bridgehead atoms. The van der Waals surface area contributed by atoms with Crippen LogP contribution in [-0.2, 0) is 0 Å². The Labute approximate surface area is 74.9 Å². The van der Waals surface area contributed by atoms with Gasteiger partial charge in [0.1, 0.15) is 5.82 Å². The maximum absolute atomic E-state index is 12.5. The number of hydrogen-bond donors (Lipinski definition) is 0. The van der Waals surface area contributed by atoms with E-state index in [1.165, 1.54) is 12.1 Å². The fourth-order valence-electron chi connectivity index (χ4n) is 0.824. The molecule has 0 heterocycles. The molecule has 0 aliphatic rings. The van der Waals surface area contributed by atoms with Crippen molar-refractivity contribution in [3.63, 3.8) is 0 Å². The van der Waals surface area contributed by atoms with Gasteiger partial charge in [0.25, 0.3) is 0 Å². The minimum absolute atomic E-state index is 0.178. The molecule has 11 heavy (non-hydrogen) atoms. The molecule has 0 radical (unpaired) electrons. The molecular formula is C8H7Cl2F. The van der Waals surface area contributed by atoms with Gasteiger partial charge in [0.2, 0.25) is 0 Å². The van der Waals surface area contributed by atoms with Gasteiger partial charge in [-0.05, 0) is 24.6 Å². The Morgan fingerprint density at radius 3 is 2.55 bits per heavy atom. The molecule has 0 spiro atoms. The predicted octanol–water partition coefficient (Wildman–Crippen LogP) is 3.78. The highest BCUT2D eigenvalue weighted by molar-refractivity contribution is 6.32. The largest absolute Gasteiger partial charge is 0.207 e. The second kappa shape index (κ2) is 3.42. The van der Waals surface area contributed by atoms with Crippen LogP contribution in [0.1, 0.15) is 17.9 Å². The molecule has 0 nitrogen and oxygen atoms in total. The first-order chi connectivity index (χ1) is 5.11. The molecule has 0 aliphatic carbocycles. The summed E-state index contributed by atoms with van der Waals surface area (Å²) in [7, 11) is 0. The van der Waals surface area contributed by atoms with Gasteiger partial charge in [0, 0.05) is 5.02 Å². The van der Waals surface area contributed by atoms with Crippen molar-refractivity contribution in [2.24, 2.45) is 0 Å². The van der Waals surface area contributed by atoms with Crippen LogP contribution in [0.25, 0.3) is 0 Å². The number of benzene rings is 1. The van der Waals surface area contributed by atoms with Crippen LogP contribution in [0.2, 0.25) is 5.02 Å². The maximum Gasteiger partial charge on any atom is 0.124 e. The van der Waals surface area contributed by atoms with Crippen molar-refractivity contribution in [2.45, 2.75) is 12.3 Å². The summed E-state index contributed by atoms with van der Waals surface area (Å²) < 4.78 is 12.5. The highest BCUT2D eigenvalue weighted by Crippen LogP contribution is 2.27. The lowest BCUT2D eigenvalue weighted by Crippen LogP contribution is -1.86. The third-order valence-corrected chi connectivity index (χ3v) is 1.95. The maximum atomic E-state index is 12.5. The molecule has 0 aromatic heterocycles. The van der Waals surface area contributed by atoms with Crippen molar-refractivity contribution < 1.29 is 4.39 Å². The van der Waals surface area contributed by atoms with Crippen LogP contribution in [0.4, 0.5) is 4.39 Å². The lowest BCUT2D eigenvalue weighted by Gasteiger charge is -2.04. The van der Waals surface area contributed by atoms with Gasteiger partial charge in [-0.1, -0.05) is 17.7 Å². The number of hydrogen-bond acceptors (Lipinski definition) is 0. The predicted molar refractivity (Wildman–Crippen MR) is 45.7 cm³/mol. The SMILES string of the molecule is CC(Cl)c1ccc(F)cc1Cl. The van der Waals surface area contributed by atoms with Gasteiger partial charge in [-0.25, -0.2) is 4.39 Å². The molecule has 1 unspecified atom stereocenters. The monoisotopic (exact) mass is 192 g/mol. The third kappa shape index (κ3) is 2.08. The molecule has 0 aliphatic heterocycles. The smallest absolute Gasteiger partial charge is 0.124 e. The Morgan fingerprint density at radius 1 is 1.45 bits per heavy atom. The van der Waals surface area contributed by atoms with Crippen LogP contribution in [-0.4, -0.2) is 0 Å². The molecule has 0 N–H and O–H groups in total. The summed E-state index contributed by atoms with van der Waals surface area (Å²) in [6, 6.07) is 4.20. The van der Waals surface area contributed by atoms with E-state index in [-0.39, 0.29) is 11.2 Å². The zero-order chi connectivity index (χ0) is 8.43. The first-order valence-corrected chi connectivity index (χ1v) is 4.01. The standard InChI is InChI=1S/C8H7Cl2F/c1-5(9)7-3-2-6(11)4-8(7)10/h2-5H,1H3.